The zero-order valence-electron chi connectivity index (χ0n) is 10.3. The highest BCUT2D eigenvalue weighted by molar-refractivity contribution is 4.94. The van der Waals surface area contributed by atoms with Gasteiger partial charge in [0, 0.05) is 18.1 Å². The van der Waals surface area contributed by atoms with Crippen molar-refractivity contribution in [3.63, 3.8) is 0 Å². The van der Waals surface area contributed by atoms with Crippen LogP contribution in [0.1, 0.15) is 46.0 Å². The van der Waals surface area contributed by atoms with Crippen molar-refractivity contribution in [3.05, 3.63) is 0 Å². The second-order valence-electron chi connectivity index (χ2n) is 5.02. The van der Waals surface area contributed by atoms with Gasteiger partial charge in [0.05, 0.1) is 0 Å². The maximum absolute atomic E-state index is 3.65. The van der Waals surface area contributed by atoms with E-state index in [9.17, 15) is 0 Å². The Bertz CT molecular complexity index is 160. The van der Waals surface area contributed by atoms with Gasteiger partial charge in [0.1, 0.15) is 0 Å². The minimum atomic E-state index is 0.448. The Morgan fingerprint density at radius 3 is 2.29 bits per heavy atom. The summed E-state index contributed by atoms with van der Waals surface area (Å²) in [5, 5.41) is 3.65. The van der Waals surface area contributed by atoms with Crippen LogP contribution in [-0.2, 0) is 0 Å². The Morgan fingerprint density at radius 1 is 1.29 bits per heavy atom. The van der Waals surface area contributed by atoms with Crippen molar-refractivity contribution in [1.29, 1.82) is 0 Å². The fraction of sp³-hybridized carbons (Fsp3) is 1.00. The molecule has 0 aliphatic heterocycles. The van der Waals surface area contributed by atoms with Crippen molar-refractivity contribution in [2.45, 2.75) is 57.5 Å². The normalized spacial score (nSPS) is 22.9. The molecule has 1 saturated carbocycles. The third-order valence-corrected chi connectivity index (χ3v) is 3.87. The SMILES string of the molecule is CCC(C)NCC1(N(C)C)CCCC1. The third kappa shape index (κ3) is 2.71. The lowest BCUT2D eigenvalue weighted by atomic mass is 9.95. The van der Waals surface area contributed by atoms with Gasteiger partial charge >= 0.3 is 0 Å². The van der Waals surface area contributed by atoms with Gasteiger partial charge in [-0.3, -0.25) is 0 Å². The van der Waals surface area contributed by atoms with Gasteiger partial charge in [-0.2, -0.15) is 0 Å². The fourth-order valence-corrected chi connectivity index (χ4v) is 2.32. The van der Waals surface area contributed by atoms with Crippen molar-refractivity contribution < 1.29 is 0 Å². The van der Waals surface area contributed by atoms with E-state index in [1.54, 1.807) is 0 Å². The smallest absolute Gasteiger partial charge is 0.0327 e. The summed E-state index contributed by atoms with van der Waals surface area (Å²) in [6.45, 7) is 5.68. The van der Waals surface area contributed by atoms with Crippen molar-refractivity contribution in [2.24, 2.45) is 0 Å². The van der Waals surface area contributed by atoms with Crippen molar-refractivity contribution >= 4 is 0 Å². The molecule has 1 N–H and O–H groups in total. The first-order valence-corrected chi connectivity index (χ1v) is 6.01. The van der Waals surface area contributed by atoms with E-state index in [1.807, 2.05) is 0 Å². The molecule has 0 radical (unpaired) electrons. The average molecular weight is 198 g/mol. The summed E-state index contributed by atoms with van der Waals surface area (Å²) in [7, 11) is 4.45. The molecular formula is C12H26N2. The highest BCUT2D eigenvalue weighted by Crippen LogP contribution is 2.33. The molecule has 0 bridgehead atoms. The predicted molar refractivity (Wildman–Crippen MR) is 62.6 cm³/mol. The second kappa shape index (κ2) is 5.13. The summed E-state index contributed by atoms with van der Waals surface area (Å²) >= 11 is 0. The molecule has 0 amide bonds. The molecule has 1 rings (SSSR count). The van der Waals surface area contributed by atoms with Crippen LogP contribution in [0, 0.1) is 0 Å². The standard InChI is InChI=1S/C12H26N2/c1-5-11(2)13-10-12(14(3)4)8-6-7-9-12/h11,13H,5-10H2,1-4H3. The number of nitrogens with one attached hydrogen (secondary N) is 1. The van der Waals surface area contributed by atoms with E-state index in [1.165, 1.54) is 32.1 Å². The predicted octanol–water partition coefficient (Wildman–Crippen LogP) is 2.25. The Hall–Kier alpha value is -0.0800. The van der Waals surface area contributed by atoms with Crippen LogP contribution >= 0.6 is 0 Å². The number of rotatable bonds is 5. The van der Waals surface area contributed by atoms with Gasteiger partial charge in [0.2, 0.25) is 0 Å². The van der Waals surface area contributed by atoms with E-state index in [0.717, 1.165) is 6.54 Å². The van der Waals surface area contributed by atoms with Crippen LogP contribution < -0.4 is 5.32 Å². The van der Waals surface area contributed by atoms with E-state index >= 15 is 0 Å². The number of hydrogen-bond donors (Lipinski definition) is 1. The largest absolute Gasteiger partial charge is 0.312 e. The maximum atomic E-state index is 3.65. The Kier molecular flexibility index (Phi) is 4.39. The highest BCUT2D eigenvalue weighted by atomic mass is 15.2. The molecule has 1 aliphatic rings. The lowest BCUT2D eigenvalue weighted by Crippen LogP contribution is -2.51. The van der Waals surface area contributed by atoms with Crippen LogP contribution in [0.25, 0.3) is 0 Å². The molecule has 1 aliphatic carbocycles. The topological polar surface area (TPSA) is 15.3 Å². The molecule has 0 heterocycles. The molecule has 1 atom stereocenters. The Balaban J connectivity index is 2.44. The molecule has 14 heavy (non-hydrogen) atoms. The van der Waals surface area contributed by atoms with E-state index in [2.05, 4.69) is 38.2 Å². The molecule has 0 spiro atoms. The first-order valence-electron chi connectivity index (χ1n) is 6.01. The molecule has 2 heteroatoms. The molecular weight excluding hydrogens is 172 g/mol. The summed E-state index contributed by atoms with van der Waals surface area (Å²) in [5.74, 6) is 0. The quantitative estimate of drug-likeness (QED) is 0.729. The first kappa shape index (κ1) is 12.0. The Labute approximate surface area is 89.1 Å². The van der Waals surface area contributed by atoms with E-state index < -0.39 is 0 Å². The number of nitrogens with zero attached hydrogens (tertiary/aromatic N) is 1. The average Bonchev–Trinajstić information content (AvgIpc) is 2.64. The van der Waals surface area contributed by atoms with Gasteiger partial charge < -0.3 is 10.2 Å². The molecule has 1 fully saturated rings. The summed E-state index contributed by atoms with van der Waals surface area (Å²) in [6, 6.07) is 0.660. The summed E-state index contributed by atoms with van der Waals surface area (Å²) in [5.41, 5.74) is 0.448. The third-order valence-electron chi connectivity index (χ3n) is 3.87. The zero-order chi connectivity index (χ0) is 10.6. The van der Waals surface area contributed by atoms with Gasteiger partial charge in [-0.25, -0.2) is 0 Å². The zero-order valence-corrected chi connectivity index (χ0v) is 10.3. The van der Waals surface area contributed by atoms with Gasteiger partial charge in [0.25, 0.3) is 0 Å². The molecule has 0 saturated heterocycles. The monoisotopic (exact) mass is 198 g/mol. The van der Waals surface area contributed by atoms with Crippen LogP contribution in [-0.4, -0.2) is 37.1 Å². The second-order valence-corrected chi connectivity index (χ2v) is 5.02. The first-order chi connectivity index (χ1) is 6.60. The minimum Gasteiger partial charge on any atom is -0.312 e. The number of likely N-dealkylation sites (N-methyl/N-ethyl adjacent to an activating group) is 1. The van der Waals surface area contributed by atoms with Gasteiger partial charge in [0.15, 0.2) is 0 Å². The Morgan fingerprint density at radius 2 is 1.86 bits per heavy atom. The van der Waals surface area contributed by atoms with Gasteiger partial charge in [-0.1, -0.05) is 19.8 Å². The fourth-order valence-electron chi connectivity index (χ4n) is 2.32. The molecule has 2 nitrogen and oxygen atoms in total. The molecule has 0 aromatic carbocycles. The lowest BCUT2D eigenvalue weighted by Gasteiger charge is -2.37. The maximum Gasteiger partial charge on any atom is 0.0327 e. The van der Waals surface area contributed by atoms with Crippen LogP contribution in [0.15, 0.2) is 0 Å². The van der Waals surface area contributed by atoms with Crippen molar-refractivity contribution in [2.75, 3.05) is 20.6 Å². The summed E-state index contributed by atoms with van der Waals surface area (Å²) in [4.78, 5) is 2.43. The molecule has 1 unspecified atom stereocenters. The van der Waals surface area contributed by atoms with E-state index in [4.69, 9.17) is 0 Å². The van der Waals surface area contributed by atoms with Crippen LogP contribution in [0.4, 0.5) is 0 Å². The van der Waals surface area contributed by atoms with Gasteiger partial charge in [-0.05, 0) is 40.3 Å². The number of hydrogen-bond acceptors (Lipinski definition) is 2. The van der Waals surface area contributed by atoms with Crippen LogP contribution in [0.3, 0.4) is 0 Å². The van der Waals surface area contributed by atoms with Crippen molar-refractivity contribution in [3.8, 4) is 0 Å². The highest BCUT2D eigenvalue weighted by Gasteiger charge is 2.35. The van der Waals surface area contributed by atoms with E-state index in [-0.39, 0.29) is 0 Å². The van der Waals surface area contributed by atoms with E-state index in [0.29, 0.717) is 11.6 Å². The van der Waals surface area contributed by atoms with Crippen molar-refractivity contribution in [1.82, 2.24) is 10.2 Å². The summed E-state index contributed by atoms with van der Waals surface area (Å²) < 4.78 is 0. The molecule has 0 aromatic rings. The van der Waals surface area contributed by atoms with Crippen LogP contribution in [0.2, 0.25) is 0 Å². The minimum absolute atomic E-state index is 0.448. The summed E-state index contributed by atoms with van der Waals surface area (Å²) in [6.07, 6.45) is 6.76. The molecule has 0 aromatic heterocycles. The lowest BCUT2D eigenvalue weighted by molar-refractivity contribution is 0.149. The van der Waals surface area contributed by atoms with Crippen LogP contribution in [0.5, 0.6) is 0 Å². The van der Waals surface area contributed by atoms with Gasteiger partial charge in [-0.15, -0.1) is 0 Å². The molecule has 84 valence electrons.